The number of hydrogen-bond donors (Lipinski definition) is 3. The molecule has 0 radical (unpaired) electrons. The molecule has 0 aliphatic carbocycles. The molecule has 1 aromatic rings. The summed E-state index contributed by atoms with van der Waals surface area (Å²) in [4.78, 5) is 0. The molecular formula is C13H19N3O4S. The van der Waals surface area contributed by atoms with Crippen molar-refractivity contribution in [3.05, 3.63) is 35.9 Å². The van der Waals surface area contributed by atoms with Gasteiger partial charge in [-0.05, 0) is 18.4 Å². The molecule has 7 nitrogen and oxygen atoms in total. The van der Waals surface area contributed by atoms with Gasteiger partial charge in [-0.25, -0.2) is 8.42 Å². The number of oxime groups is 1. The smallest absolute Gasteiger partial charge is 0.215 e. The second kappa shape index (κ2) is 6.88. The first-order chi connectivity index (χ1) is 10.0. The predicted octanol–water partition coefficient (Wildman–Crippen LogP) is 0.573. The van der Waals surface area contributed by atoms with Crippen molar-refractivity contribution >= 4 is 15.9 Å². The van der Waals surface area contributed by atoms with Crippen LogP contribution in [-0.4, -0.2) is 37.9 Å². The van der Waals surface area contributed by atoms with Gasteiger partial charge in [-0.1, -0.05) is 35.5 Å². The molecule has 0 bridgehead atoms. The maximum atomic E-state index is 12.2. The maximum Gasteiger partial charge on any atom is 0.215 e. The van der Waals surface area contributed by atoms with Gasteiger partial charge in [0, 0.05) is 6.61 Å². The Morgan fingerprint density at radius 2 is 2.19 bits per heavy atom. The third-order valence-electron chi connectivity index (χ3n) is 3.27. The highest BCUT2D eigenvalue weighted by Gasteiger charge is 2.27. The van der Waals surface area contributed by atoms with Gasteiger partial charge < -0.3 is 15.7 Å². The van der Waals surface area contributed by atoms with Crippen molar-refractivity contribution in [2.45, 2.75) is 25.0 Å². The van der Waals surface area contributed by atoms with Crippen molar-refractivity contribution in [1.29, 1.82) is 0 Å². The summed E-state index contributed by atoms with van der Waals surface area (Å²) in [7, 11) is -3.61. The van der Waals surface area contributed by atoms with Gasteiger partial charge in [0.25, 0.3) is 0 Å². The molecule has 2 atom stereocenters. The van der Waals surface area contributed by atoms with Gasteiger partial charge >= 0.3 is 0 Å². The van der Waals surface area contributed by atoms with Crippen molar-refractivity contribution < 1.29 is 18.4 Å². The Labute approximate surface area is 123 Å². The Kier molecular flexibility index (Phi) is 5.16. The van der Waals surface area contributed by atoms with Crippen molar-refractivity contribution in [2.75, 3.05) is 12.4 Å². The minimum atomic E-state index is -3.61. The van der Waals surface area contributed by atoms with Gasteiger partial charge in [0.1, 0.15) is 6.04 Å². The summed E-state index contributed by atoms with van der Waals surface area (Å²) >= 11 is 0. The average molecular weight is 313 g/mol. The Bertz CT molecular complexity index is 583. The SMILES string of the molecule is NC(=NO)C(NS(=O)(=O)CC1CCCO1)c1ccccc1. The lowest BCUT2D eigenvalue weighted by Gasteiger charge is -2.19. The van der Waals surface area contributed by atoms with Crippen LogP contribution in [0.5, 0.6) is 0 Å². The summed E-state index contributed by atoms with van der Waals surface area (Å²) in [6, 6.07) is 7.81. The summed E-state index contributed by atoms with van der Waals surface area (Å²) in [6.07, 6.45) is 1.29. The highest BCUT2D eigenvalue weighted by Crippen LogP contribution is 2.17. The minimum Gasteiger partial charge on any atom is -0.409 e. The molecule has 2 rings (SSSR count). The molecule has 1 aliphatic rings. The number of sulfonamides is 1. The Morgan fingerprint density at radius 1 is 1.48 bits per heavy atom. The third-order valence-corrected chi connectivity index (χ3v) is 4.68. The number of benzene rings is 1. The van der Waals surface area contributed by atoms with Crippen LogP contribution in [0, 0.1) is 0 Å². The number of hydrogen-bond acceptors (Lipinski definition) is 5. The standard InChI is InChI=1S/C13H19N3O4S/c14-13(15-17)12(10-5-2-1-3-6-10)16-21(18,19)9-11-7-4-8-20-11/h1-3,5-6,11-12,16-17H,4,7-9H2,(H2,14,15). The molecule has 1 aliphatic heterocycles. The van der Waals surface area contributed by atoms with Crippen molar-refractivity contribution in [2.24, 2.45) is 10.9 Å². The molecule has 1 saturated heterocycles. The number of rotatable bonds is 6. The average Bonchev–Trinajstić information content (AvgIpc) is 2.97. The highest BCUT2D eigenvalue weighted by molar-refractivity contribution is 7.89. The van der Waals surface area contributed by atoms with E-state index < -0.39 is 16.1 Å². The van der Waals surface area contributed by atoms with Gasteiger partial charge in [0.2, 0.25) is 10.0 Å². The Hall–Kier alpha value is -1.64. The van der Waals surface area contributed by atoms with Crippen molar-refractivity contribution in [1.82, 2.24) is 4.72 Å². The summed E-state index contributed by atoms with van der Waals surface area (Å²) in [6.45, 7) is 0.586. The van der Waals surface area contributed by atoms with E-state index in [1.165, 1.54) is 0 Å². The molecule has 0 amide bonds. The number of ether oxygens (including phenoxy) is 1. The maximum absolute atomic E-state index is 12.2. The third kappa shape index (κ3) is 4.42. The Balaban J connectivity index is 2.14. The van der Waals surface area contributed by atoms with Gasteiger partial charge in [-0.15, -0.1) is 0 Å². The largest absolute Gasteiger partial charge is 0.409 e. The molecule has 116 valence electrons. The van der Waals surface area contributed by atoms with Crippen LogP contribution in [0.25, 0.3) is 0 Å². The van der Waals surface area contributed by atoms with Crippen LogP contribution in [-0.2, 0) is 14.8 Å². The molecule has 8 heteroatoms. The summed E-state index contributed by atoms with van der Waals surface area (Å²) < 4.78 is 32.2. The van der Waals surface area contributed by atoms with Crippen LogP contribution in [0.1, 0.15) is 24.4 Å². The number of nitrogens with one attached hydrogen (secondary N) is 1. The first kappa shape index (κ1) is 15.7. The fraction of sp³-hybridized carbons (Fsp3) is 0.462. The van der Waals surface area contributed by atoms with Crippen molar-refractivity contribution in [3.8, 4) is 0 Å². The van der Waals surface area contributed by atoms with Crippen LogP contribution in [0.3, 0.4) is 0 Å². The van der Waals surface area contributed by atoms with E-state index in [2.05, 4.69) is 9.88 Å². The molecule has 2 unspecified atom stereocenters. The molecule has 21 heavy (non-hydrogen) atoms. The summed E-state index contributed by atoms with van der Waals surface area (Å²) in [5.41, 5.74) is 6.21. The lowest BCUT2D eigenvalue weighted by atomic mass is 10.1. The van der Waals surface area contributed by atoms with Gasteiger partial charge in [-0.2, -0.15) is 4.72 Å². The predicted molar refractivity (Wildman–Crippen MR) is 78.5 cm³/mol. The minimum absolute atomic E-state index is 0.130. The van der Waals surface area contributed by atoms with Gasteiger partial charge in [0.15, 0.2) is 5.84 Å². The van der Waals surface area contributed by atoms with Crippen LogP contribution in [0.2, 0.25) is 0 Å². The van der Waals surface area contributed by atoms with E-state index in [0.29, 0.717) is 12.2 Å². The molecule has 1 heterocycles. The second-order valence-electron chi connectivity index (χ2n) is 4.90. The van der Waals surface area contributed by atoms with E-state index in [9.17, 15) is 8.42 Å². The van der Waals surface area contributed by atoms with Crippen LogP contribution in [0.4, 0.5) is 0 Å². The van der Waals surface area contributed by atoms with E-state index >= 15 is 0 Å². The fourth-order valence-electron chi connectivity index (χ4n) is 2.25. The van der Waals surface area contributed by atoms with Crippen LogP contribution < -0.4 is 10.5 Å². The first-order valence-corrected chi connectivity index (χ1v) is 8.31. The van der Waals surface area contributed by atoms with Crippen LogP contribution >= 0.6 is 0 Å². The normalized spacial score (nSPS) is 21.3. The zero-order valence-corrected chi connectivity index (χ0v) is 12.3. The number of amidine groups is 1. The quantitative estimate of drug-likeness (QED) is 0.307. The van der Waals surface area contributed by atoms with Gasteiger partial charge in [-0.3, -0.25) is 0 Å². The second-order valence-corrected chi connectivity index (χ2v) is 6.70. The summed E-state index contributed by atoms with van der Waals surface area (Å²) in [5.74, 6) is -0.341. The molecule has 1 aromatic carbocycles. The topological polar surface area (TPSA) is 114 Å². The summed E-state index contributed by atoms with van der Waals surface area (Å²) in [5, 5.41) is 11.8. The first-order valence-electron chi connectivity index (χ1n) is 6.66. The number of nitrogens with zero attached hydrogens (tertiary/aromatic N) is 1. The molecule has 0 saturated carbocycles. The zero-order valence-electron chi connectivity index (χ0n) is 11.5. The van der Waals surface area contributed by atoms with E-state index in [1.807, 2.05) is 0 Å². The fourth-order valence-corrected chi connectivity index (χ4v) is 3.72. The molecule has 0 spiro atoms. The zero-order chi connectivity index (χ0) is 15.3. The van der Waals surface area contributed by atoms with E-state index in [1.54, 1.807) is 30.3 Å². The lowest BCUT2D eigenvalue weighted by Crippen LogP contribution is -2.40. The van der Waals surface area contributed by atoms with E-state index in [-0.39, 0.29) is 17.7 Å². The molecule has 4 N–H and O–H groups in total. The molecule has 1 fully saturated rings. The molecule has 0 aromatic heterocycles. The Morgan fingerprint density at radius 3 is 2.76 bits per heavy atom. The van der Waals surface area contributed by atoms with Gasteiger partial charge in [0.05, 0.1) is 11.9 Å². The van der Waals surface area contributed by atoms with Crippen LogP contribution in [0.15, 0.2) is 35.5 Å². The van der Waals surface area contributed by atoms with E-state index in [0.717, 1.165) is 12.8 Å². The highest BCUT2D eigenvalue weighted by atomic mass is 32.2. The van der Waals surface area contributed by atoms with Crippen molar-refractivity contribution in [3.63, 3.8) is 0 Å². The molecular weight excluding hydrogens is 294 g/mol. The monoisotopic (exact) mass is 313 g/mol. The van der Waals surface area contributed by atoms with E-state index in [4.69, 9.17) is 15.7 Å². The number of nitrogens with two attached hydrogens (primary N) is 1. The lowest BCUT2D eigenvalue weighted by molar-refractivity contribution is 0.127.